The van der Waals surface area contributed by atoms with Gasteiger partial charge >= 0.3 is 5.69 Å². The lowest BCUT2D eigenvalue weighted by Crippen LogP contribution is -2.34. The van der Waals surface area contributed by atoms with Crippen LogP contribution in [0.3, 0.4) is 0 Å². The minimum atomic E-state index is -0.579. The molecule has 2 aromatic rings. The molecule has 9 nitrogen and oxygen atoms in total. The number of aromatic nitrogens is 3. The molecule has 0 spiro atoms. The van der Waals surface area contributed by atoms with E-state index in [1.807, 2.05) is 0 Å². The molecule has 0 amide bonds. The van der Waals surface area contributed by atoms with Gasteiger partial charge in [0.15, 0.2) is 0 Å². The first kappa shape index (κ1) is 13.9. The van der Waals surface area contributed by atoms with Crippen LogP contribution in [0.4, 0.5) is 11.5 Å². The number of nitrogens with one attached hydrogen (secondary N) is 2. The van der Waals surface area contributed by atoms with Crippen molar-refractivity contribution in [3.63, 3.8) is 0 Å². The third-order valence-corrected chi connectivity index (χ3v) is 2.70. The Morgan fingerprint density at radius 3 is 3.00 bits per heavy atom. The van der Waals surface area contributed by atoms with E-state index in [1.54, 1.807) is 6.07 Å². The average molecular weight is 281 g/mol. The monoisotopic (exact) mass is 281 g/mol. The predicted molar refractivity (Wildman–Crippen MR) is 71.4 cm³/mol. The maximum absolute atomic E-state index is 11.8. The van der Waals surface area contributed by atoms with Gasteiger partial charge in [-0.2, -0.15) is 0 Å². The van der Waals surface area contributed by atoms with Gasteiger partial charge in [0.05, 0.1) is 19.7 Å². The Bertz CT molecular complexity index is 673. The van der Waals surface area contributed by atoms with Gasteiger partial charge in [-0.05, 0) is 0 Å². The topological polar surface area (TPSA) is 128 Å². The van der Waals surface area contributed by atoms with Crippen LogP contribution < -0.4 is 22.3 Å². The highest BCUT2D eigenvalue weighted by atomic mass is 16.5. The molecule has 0 saturated heterocycles. The summed E-state index contributed by atoms with van der Waals surface area (Å²) in [6.45, 7) is 0.807. The fourth-order valence-corrected chi connectivity index (χ4v) is 1.67. The summed E-state index contributed by atoms with van der Waals surface area (Å²) in [4.78, 5) is 25.6. The van der Waals surface area contributed by atoms with Crippen LogP contribution in [0.2, 0.25) is 0 Å². The van der Waals surface area contributed by atoms with Crippen molar-refractivity contribution in [3.05, 3.63) is 38.9 Å². The Hall–Kier alpha value is -2.55. The summed E-state index contributed by atoms with van der Waals surface area (Å²) in [6, 6.07) is 1.65. The van der Waals surface area contributed by atoms with Gasteiger partial charge in [-0.1, -0.05) is 5.16 Å². The van der Waals surface area contributed by atoms with Gasteiger partial charge in [0, 0.05) is 13.2 Å². The van der Waals surface area contributed by atoms with Crippen LogP contribution in [0.15, 0.2) is 26.4 Å². The Morgan fingerprint density at radius 1 is 1.55 bits per heavy atom. The first-order valence-electron chi connectivity index (χ1n) is 5.88. The molecule has 9 heteroatoms. The number of anilines is 2. The van der Waals surface area contributed by atoms with E-state index in [0.717, 1.165) is 0 Å². The maximum Gasteiger partial charge on any atom is 0.330 e. The molecule has 2 heterocycles. The molecule has 0 fully saturated rings. The lowest BCUT2D eigenvalue weighted by molar-refractivity contribution is 0.186. The number of nitrogen functional groups attached to an aromatic ring is 1. The summed E-state index contributed by atoms with van der Waals surface area (Å²) < 4.78 is 10.8. The molecular formula is C11H15N5O4. The molecule has 2 rings (SSSR count). The highest BCUT2D eigenvalue weighted by Gasteiger charge is 2.12. The van der Waals surface area contributed by atoms with Gasteiger partial charge in [-0.25, -0.2) is 4.79 Å². The second-order valence-corrected chi connectivity index (χ2v) is 4.01. The largest absolute Gasteiger partial charge is 0.383 e. The third kappa shape index (κ3) is 2.88. The smallest absolute Gasteiger partial charge is 0.330 e. The predicted octanol–water partition coefficient (Wildman–Crippen LogP) is -0.635. The van der Waals surface area contributed by atoms with E-state index in [2.05, 4.69) is 20.0 Å². The van der Waals surface area contributed by atoms with E-state index >= 15 is 0 Å². The van der Waals surface area contributed by atoms with Crippen LogP contribution in [0.1, 0.15) is 5.69 Å². The van der Waals surface area contributed by atoms with E-state index in [4.69, 9.17) is 10.5 Å². The minimum Gasteiger partial charge on any atom is -0.383 e. The van der Waals surface area contributed by atoms with Gasteiger partial charge < -0.3 is 20.3 Å². The number of rotatable bonds is 6. The Kier molecular flexibility index (Phi) is 4.20. The first-order valence-corrected chi connectivity index (χ1v) is 5.88. The molecule has 0 unspecified atom stereocenters. The summed E-state index contributed by atoms with van der Waals surface area (Å²) in [5.74, 6) is 0.0549. The number of aromatic amines is 1. The molecule has 0 radical (unpaired) electrons. The number of methoxy groups -OCH3 is 1. The standard InChI is InChI=1S/C11H15N5O4/c1-19-5-3-16-9(12)8(10(17)14-11(16)18)13-6-7-2-4-20-15-7/h2,4,13H,3,5-6,12H2,1H3,(H,14,17,18). The number of nitrogens with zero attached hydrogens (tertiary/aromatic N) is 2. The lowest BCUT2D eigenvalue weighted by atomic mass is 10.4. The molecule has 0 saturated carbocycles. The zero-order valence-electron chi connectivity index (χ0n) is 10.9. The summed E-state index contributed by atoms with van der Waals surface area (Å²) >= 11 is 0. The van der Waals surface area contributed by atoms with E-state index in [0.29, 0.717) is 12.3 Å². The molecule has 0 aliphatic heterocycles. The molecule has 4 N–H and O–H groups in total. The normalized spacial score (nSPS) is 10.7. The van der Waals surface area contributed by atoms with Gasteiger partial charge in [0.25, 0.3) is 5.56 Å². The van der Waals surface area contributed by atoms with Gasteiger partial charge in [0.2, 0.25) is 0 Å². The summed E-state index contributed by atoms with van der Waals surface area (Å²) in [6.07, 6.45) is 1.42. The molecule has 0 atom stereocenters. The maximum atomic E-state index is 11.8. The van der Waals surface area contributed by atoms with Crippen LogP contribution in [0, 0.1) is 0 Å². The van der Waals surface area contributed by atoms with Crippen molar-refractivity contribution in [2.75, 3.05) is 24.8 Å². The van der Waals surface area contributed by atoms with Crippen LogP contribution in [-0.2, 0) is 17.8 Å². The fraction of sp³-hybridized carbons (Fsp3) is 0.364. The Balaban J connectivity index is 2.27. The second-order valence-electron chi connectivity index (χ2n) is 4.01. The Labute approximate surface area is 113 Å². The van der Waals surface area contributed by atoms with Crippen molar-refractivity contribution in [1.82, 2.24) is 14.7 Å². The summed E-state index contributed by atoms with van der Waals surface area (Å²) in [5.41, 5.74) is 5.42. The van der Waals surface area contributed by atoms with Crippen molar-refractivity contribution in [2.24, 2.45) is 0 Å². The third-order valence-electron chi connectivity index (χ3n) is 2.70. The zero-order chi connectivity index (χ0) is 14.5. The van der Waals surface area contributed by atoms with Crippen LogP contribution in [0.25, 0.3) is 0 Å². The first-order chi connectivity index (χ1) is 9.63. The van der Waals surface area contributed by atoms with E-state index in [1.165, 1.54) is 17.9 Å². The minimum absolute atomic E-state index is 0.0549. The van der Waals surface area contributed by atoms with Gasteiger partial charge in [-0.15, -0.1) is 0 Å². The number of ether oxygens (including phenoxy) is 1. The number of hydrogen-bond acceptors (Lipinski definition) is 7. The lowest BCUT2D eigenvalue weighted by Gasteiger charge is -2.12. The zero-order valence-corrected chi connectivity index (χ0v) is 10.9. The van der Waals surface area contributed by atoms with E-state index in [-0.39, 0.29) is 24.6 Å². The highest BCUT2D eigenvalue weighted by molar-refractivity contribution is 5.60. The van der Waals surface area contributed by atoms with Crippen molar-refractivity contribution >= 4 is 11.5 Å². The molecule has 0 aliphatic carbocycles. The molecule has 20 heavy (non-hydrogen) atoms. The Morgan fingerprint density at radius 2 is 2.35 bits per heavy atom. The molecule has 0 bridgehead atoms. The van der Waals surface area contributed by atoms with Crippen molar-refractivity contribution in [1.29, 1.82) is 0 Å². The molecule has 0 aliphatic rings. The summed E-state index contributed by atoms with van der Waals surface area (Å²) in [7, 11) is 1.51. The highest BCUT2D eigenvalue weighted by Crippen LogP contribution is 2.11. The molecule has 0 aromatic carbocycles. The van der Waals surface area contributed by atoms with Crippen molar-refractivity contribution in [2.45, 2.75) is 13.1 Å². The SMILES string of the molecule is COCCn1c(N)c(NCc2ccon2)c(=O)[nH]c1=O. The van der Waals surface area contributed by atoms with Crippen molar-refractivity contribution < 1.29 is 9.26 Å². The quantitative estimate of drug-likeness (QED) is 0.642. The summed E-state index contributed by atoms with van der Waals surface area (Å²) in [5, 5.41) is 6.54. The van der Waals surface area contributed by atoms with Gasteiger partial charge in [0.1, 0.15) is 23.5 Å². The van der Waals surface area contributed by atoms with Crippen LogP contribution >= 0.6 is 0 Å². The van der Waals surface area contributed by atoms with Gasteiger partial charge in [-0.3, -0.25) is 14.3 Å². The number of hydrogen-bond donors (Lipinski definition) is 3. The molecule has 108 valence electrons. The number of H-pyrrole nitrogens is 1. The molecular weight excluding hydrogens is 266 g/mol. The average Bonchev–Trinajstić information content (AvgIpc) is 2.91. The van der Waals surface area contributed by atoms with Crippen LogP contribution in [-0.4, -0.2) is 28.4 Å². The number of nitrogens with two attached hydrogens (primary N) is 1. The second kappa shape index (κ2) is 6.06. The molecule has 2 aromatic heterocycles. The van der Waals surface area contributed by atoms with Crippen LogP contribution in [0.5, 0.6) is 0 Å². The van der Waals surface area contributed by atoms with Crippen molar-refractivity contribution in [3.8, 4) is 0 Å². The van der Waals surface area contributed by atoms with E-state index < -0.39 is 11.2 Å². The van der Waals surface area contributed by atoms with E-state index in [9.17, 15) is 9.59 Å². The fourth-order valence-electron chi connectivity index (χ4n) is 1.67.